The molecular weight excluding hydrogens is 465 g/mol. The highest BCUT2D eigenvalue weighted by Crippen LogP contribution is 2.45. The maximum Gasteiger partial charge on any atom is 0.300 e. The minimum Gasteiger partial charge on any atom is -0.507 e. The standard InChI is InChI=1S/C25H21Cl2NO5/c1-13(2)14-6-8-16(9-7-14)28-21(19-5-4-10-33-19)20(23(30)25(28)31)22(29)17-11-15(26)12-18(27)24(17)32-3/h4-13,21,29H,1-3H3/b22-20-. The summed E-state index contributed by atoms with van der Waals surface area (Å²) in [7, 11) is 1.38. The minimum atomic E-state index is -0.993. The molecule has 4 rings (SSSR count). The molecule has 1 N–H and O–H groups in total. The van der Waals surface area contributed by atoms with Crippen LogP contribution in [0.2, 0.25) is 10.0 Å². The van der Waals surface area contributed by atoms with Crippen molar-refractivity contribution in [2.75, 3.05) is 12.0 Å². The SMILES string of the molecule is COc1c(Cl)cc(Cl)cc1/C(O)=C1/C(=O)C(=O)N(c2ccc(C(C)C)cc2)C1c1ccco1. The third-order valence-electron chi connectivity index (χ3n) is 5.56. The van der Waals surface area contributed by atoms with Gasteiger partial charge < -0.3 is 14.3 Å². The molecule has 0 saturated carbocycles. The van der Waals surface area contributed by atoms with Gasteiger partial charge in [-0.25, -0.2) is 0 Å². The van der Waals surface area contributed by atoms with Crippen molar-refractivity contribution in [3.05, 3.63) is 87.3 Å². The first-order valence-electron chi connectivity index (χ1n) is 10.2. The third-order valence-corrected chi connectivity index (χ3v) is 6.06. The number of furan rings is 1. The zero-order valence-corrected chi connectivity index (χ0v) is 19.6. The number of halogens is 2. The van der Waals surface area contributed by atoms with Gasteiger partial charge >= 0.3 is 0 Å². The molecule has 1 aliphatic heterocycles. The van der Waals surface area contributed by atoms with E-state index < -0.39 is 23.5 Å². The Morgan fingerprint density at radius 3 is 2.39 bits per heavy atom. The van der Waals surface area contributed by atoms with Crippen molar-refractivity contribution in [3.8, 4) is 5.75 Å². The van der Waals surface area contributed by atoms with E-state index in [-0.39, 0.29) is 26.9 Å². The lowest BCUT2D eigenvalue weighted by Crippen LogP contribution is -2.29. The normalized spacial score (nSPS) is 17.8. The zero-order valence-electron chi connectivity index (χ0n) is 18.1. The molecule has 1 atom stereocenters. The first-order chi connectivity index (χ1) is 15.7. The van der Waals surface area contributed by atoms with E-state index in [9.17, 15) is 14.7 Å². The molecule has 8 heteroatoms. The molecule has 33 heavy (non-hydrogen) atoms. The van der Waals surface area contributed by atoms with Crippen LogP contribution in [0.25, 0.3) is 5.76 Å². The first kappa shape index (κ1) is 23.0. The largest absolute Gasteiger partial charge is 0.507 e. The van der Waals surface area contributed by atoms with Gasteiger partial charge in [0.05, 0.1) is 29.5 Å². The predicted octanol–water partition coefficient (Wildman–Crippen LogP) is 6.34. The molecule has 2 heterocycles. The summed E-state index contributed by atoms with van der Waals surface area (Å²) in [6, 6.07) is 12.5. The average molecular weight is 486 g/mol. The lowest BCUT2D eigenvalue weighted by molar-refractivity contribution is -0.132. The second kappa shape index (κ2) is 8.96. The highest BCUT2D eigenvalue weighted by molar-refractivity contribution is 6.51. The second-order valence-corrected chi connectivity index (χ2v) is 8.74. The van der Waals surface area contributed by atoms with Crippen molar-refractivity contribution in [2.24, 2.45) is 0 Å². The van der Waals surface area contributed by atoms with Gasteiger partial charge in [0.1, 0.15) is 23.3 Å². The number of ether oxygens (including phenoxy) is 1. The number of ketones is 1. The van der Waals surface area contributed by atoms with Crippen molar-refractivity contribution in [1.29, 1.82) is 0 Å². The van der Waals surface area contributed by atoms with Crippen LogP contribution in [-0.4, -0.2) is 23.9 Å². The Morgan fingerprint density at radius 2 is 1.82 bits per heavy atom. The van der Waals surface area contributed by atoms with Gasteiger partial charge in [-0.05, 0) is 47.9 Å². The van der Waals surface area contributed by atoms with Crippen LogP contribution in [0.4, 0.5) is 5.69 Å². The molecule has 0 aliphatic carbocycles. The number of aliphatic hydroxyl groups is 1. The number of carbonyl (C=O) groups is 2. The molecule has 3 aromatic rings. The lowest BCUT2D eigenvalue weighted by Gasteiger charge is -2.24. The molecule has 1 amide bonds. The van der Waals surface area contributed by atoms with Gasteiger partial charge in [0.2, 0.25) is 0 Å². The van der Waals surface area contributed by atoms with Crippen LogP contribution in [0, 0.1) is 0 Å². The van der Waals surface area contributed by atoms with Gasteiger partial charge in [0, 0.05) is 10.7 Å². The van der Waals surface area contributed by atoms with Crippen LogP contribution in [0.5, 0.6) is 5.75 Å². The summed E-state index contributed by atoms with van der Waals surface area (Å²) in [5.74, 6) is -1.37. The van der Waals surface area contributed by atoms with Crippen LogP contribution >= 0.6 is 23.2 Å². The number of aliphatic hydroxyl groups excluding tert-OH is 1. The molecule has 1 unspecified atom stereocenters. The van der Waals surface area contributed by atoms with E-state index in [4.69, 9.17) is 32.4 Å². The quantitative estimate of drug-likeness (QED) is 0.259. The molecule has 0 bridgehead atoms. The smallest absolute Gasteiger partial charge is 0.300 e. The molecule has 1 aliphatic rings. The number of nitrogens with zero attached hydrogens (tertiary/aromatic N) is 1. The van der Waals surface area contributed by atoms with E-state index >= 15 is 0 Å². The van der Waals surface area contributed by atoms with Crippen molar-refractivity contribution in [2.45, 2.75) is 25.8 Å². The molecule has 6 nitrogen and oxygen atoms in total. The number of Topliss-reactive ketones (excluding diaryl/α,β-unsaturated/α-hetero) is 1. The zero-order chi connectivity index (χ0) is 23.9. The Labute approximate surface area is 201 Å². The molecular formula is C25H21Cl2NO5. The predicted molar refractivity (Wildman–Crippen MR) is 127 cm³/mol. The number of amides is 1. The van der Waals surface area contributed by atoms with Crippen LogP contribution in [0.15, 0.2) is 64.8 Å². The fraction of sp³-hybridized carbons (Fsp3) is 0.200. The van der Waals surface area contributed by atoms with Crippen molar-refractivity contribution in [3.63, 3.8) is 0 Å². The third kappa shape index (κ3) is 4.01. The highest BCUT2D eigenvalue weighted by atomic mass is 35.5. The number of methoxy groups -OCH3 is 1. The number of anilines is 1. The van der Waals surface area contributed by atoms with E-state index in [1.165, 1.54) is 30.4 Å². The minimum absolute atomic E-state index is 0.0970. The summed E-state index contributed by atoms with van der Waals surface area (Å²) < 4.78 is 10.9. The van der Waals surface area contributed by atoms with Gasteiger partial charge in [-0.1, -0.05) is 49.2 Å². The van der Waals surface area contributed by atoms with Crippen molar-refractivity contribution in [1.82, 2.24) is 0 Å². The first-order valence-corrected chi connectivity index (χ1v) is 11.0. The maximum absolute atomic E-state index is 13.2. The summed E-state index contributed by atoms with van der Waals surface area (Å²) in [5.41, 5.74) is 1.53. The Hall–Kier alpha value is -3.22. The summed E-state index contributed by atoms with van der Waals surface area (Å²) in [5, 5.41) is 11.6. The molecule has 1 aromatic heterocycles. The van der Waals surface area contributed by atoms with E-state index in [1.54, 1.807) is 24.3 Å². The van der Waals surface area contributed by atoms with Crippen molar-refractivity contribution < 1.29 is 23.8 Å². The Morgan fingerprint density at radius 1 is 1.12 bits per heavy atom. The average Bonchev–Trinajstić information content (AvgIpc) is 3.40. The monoisotopic (exact) mass is 485 g/mol. The number of benzene rings is 2. The van der Waals surface area contributed by atoms with Gasteiger partial charge in [0.15, 0.2) is 0 Å². The number of hydrogen-bond acceptors (Lipinski definition) is 5. The fourth-order valence-electron chi connectivity index (χ4n) is 3.92. The molecule has 0 radical (unpaired) electrons. The van der Waals surface area contributed by atoms with Gasteiger partial charge in [-0.2, -0.15) is 0 Å². The fourth-order valence-corrected chi connectivity index (χ4v) is 4.49. The highest BCUT2D eigenvalue weighted by Gasteiger charge is 2.48. The van der Waals surface area contributed by atoms with E-state index in [1.807, 2.05) is 12.1 Å². The summed E-state index contributed by atoms with van der Waals surface area (Å²) in [6.07, 6.45) is 1.44. The van der Waals surface area contributed by atoms with Crippen molar-refractivity contribution >= 4 is 46.3 Å². The maximum atomic E-state index is 13.2. The molecule has 2 aromatic carbocycles. The van der Waals surface area contributed by atoms with Gasteiger partial charge in [0.25, 0.3) is 11.7 Å². The summed E-state index contributed by atoms with van der Waals surface area (Å²) in [6.45, 7) is 4.13. The van der Waals surface area contributed by atoms with E-state index in [2.05, 4.69) is 13.8 Å². The molecule has 1 fully saturated rings. The molecule has 0 spiro atoms. The number of carbonyl (C=O) groups excluding carboxylic acids is 2. The Bertz CT molecular complexity index is 1250. The number of rotatable bonds is 5. The number of hydrogen-bond donors (Lipinski definition) is 1. The molecule has 1 saturated heterocycles. The summed E-state index contributed by atoms with van der Waals surface area (Å²) >= 11 is 12.4. The Balaban J connectivity index is 1.94. The summed E-state index contributed by atoms with van der Waals surface area (Å²) in [4.78, 5) is 27.7. The van der Waals surface area contributed by atoms with E-state index in [0.29, 0.717) is 17.4 Å². The lowest BCUT2D eigenvalue weighted by atomic mass is 9.98. The van der Waals surface area contributed by atoms with E-state index in [0.717, 1.165) is 5.56 Å². The topological polar surface area (TPSA) is 80.0 Å². The second-order valence-electron chi connectivity index (χ2n) is 7.90. The Kier molecular flexibility index (Phi) is 6.23. The van der Waals surface area contributed by atoms with Crippen LogP contribution in [-0.2, 0) is 9.59 Å². The van der Waals surface area contributed by atoms with Crippen LogP contribution in [0.3, 0.4) is 0 Å². The molecule has 170 valence electrons. The van der Waals surface area contributed by atoms with Crippen LogP contribution < -0.4 is 9.64 Å². The van der Waals surface area contributed by atoms with Gasteiger partial charge in [-0.15, -0.1) is 0 Å². The van der Waals surface area contributed by atoms with Gasteiger partial charge in [-0.3, -0.25) is 14.5 Å². The van der Waals surface area contributed by atoms with Crippen LogP contribution in [0.1, 0.15) is 42.7 Å².